The minimum absolute atomic E-state index is 0.109. The van der Waals surface area contributed by atoms with Gasteiger partial charge >= 0.3 is 0 Å². The molecule has 2 heterocycles. The molecule has 4 aromatic rings. The zero-order valence-electron chi connectivity index (χ0n) is 17.9. The second kappa shape index (κ2) is 8.34. The number of fused-ring (bicyclic) bond motifs is 2. The van der Waals surface area contributed by atoms with E-state index >= 15 is 0 Å². The van der Waals surface area contributed by atoms with Crippen molar-refractivity contribution in [2.24, 2.45) is 0 Å². The fraction of sp³-hybridized carbons (Fsp3) is 0.160. The fourth-order valence-corrected chi connectivity index (χ4v) is 5.69. The van der Waals surface area contributed by atoms with Gasteiger partial charge in [0, 0.05) is 22.7 Å². The highest BCUT2D eigenvalue weighted by molar-refractivity contribution is 7.99. The molecular weight excluding hydrogens is 468 g/mol. The molecule has 2 aliphatic carbocycles. The topological polar surface area (TPSA) is 93.9 Å². The number of nitrogens with one attached hydrogen (secondary N) is 1. The number of thioether (sulfide) groups is 1. The second-order valence-corrected chi connectivity index (χ2v) is 10.0. The largest absolute Gasteiger partial charge is 0.325 e. The molecule has 0 atom stereocenters. The molecule has 168 valence electrons. The molecule has 1 fully saturated rings. The molecule has 1 saturated carbocycles. The SMILES string of the molecule is O=C(CSc1nnc(-c2cccs2)n1C1CC1)Nc1cccc2c1C(=O)c1ccccc1C2=O. The van der Waals surface area contributed by atoms with E-state index in [0.717, 1.165) is 23.5 Å². The number of rotatable bonds is 6. The molecule has 0 aliphatic heterocycles. The molecule has 0 saturated heterocycles. The molecule has 1 amide bonds. The van der Waals surface area contributed by atoms with Gasteiger partial charge in [-0.1, -0.05) is 54.2 Å². The van der Waals surface area contributed by atoms with Gasteiger partial charge < -0.3 is 5.32 Å². The van der Waals surface area contributed by atoms with Crippen molar-refractivity contribution in [3.05, 3.63) is 82.2 Å². The maximum absolute atomic E-state index is 13.1. The normalized spacial score (nSPS) is 14.6. The molecule has 0 unspecified atom stereocenters. The van der Waals surface area contributed by atoms with Crippen molar-refractivity contribution in [1.29, 1.82) is 0 Å². The standard InChI is InChI=1S/C25H18N4O3S2/c30-20(13-34-25-28-27-24(19-9-4-12-33-19)29(25)14-10-11-14)26-18-8-3-7-17-21(18)23(32)16-6-2-1-5-15(16)22(17)31/h1-9,12,14H,10-11,13H2,(H,26,30). The molecule has 0 radical (unpaired) electrons. The quantitative estimate of drug-likeness (QED) is 0.345. The van der Waals surface area contributed by atoms with E-state index in [1.807, 2.05) is 17.5 Å². The van der Waals surface area contributed by atoms with E-state index in [2.05, 4.69) is 20.1 Å². The number of hydrogen-bond donors (Lipinski definition) is 1. The van der Waals surface area contributed by atoms with Crippen LogP contribution in [0, 0.1) is 0 Å². The molecule has 7 nitrogen and oxygen atoms in total. The van der Waals surface area contributed by atoms with Crippen molar-refractivity contribution in [2.45, 2.75) is 24.0 Å². The Bertz CT molecular complexity index is 1450. The summed E-state index contributed by atoms with van der Waals surface area (Å²) in [7, 11) is 0. The van der Waals surface area contributed by atoms with Crippen LogP contribution in [0.1, 0.15) is 50.7 Å². The van der Waals surface area contributed by atoms with Gasteiger partial charge in [0.15, 0.2) is 22.5 Å². The van der Waals surface area contributed by atoms with E-state index in [0.29, 0.717) is 33.6 Å². The number of anilines is 1. The number of aromatic nitrogens is 3. The van der Waals surface area contributed by atoms with E-state index in [-0.39, 0.29) is 28.8 Å². The first-order chi connectivity index (χ1) is 16.6. The van der Waals surface area contributed by atoms with E-state index in [1.54, 1.807) is 53.8 Å². The van der Waals surface area contributed by atoms with Gasteiger partial charge in [0.05, 0.1) is 21.9 Å². The average molecular weight is 487 g/mol. The molecular formula is C25H18N4O3S2. The molecule has 0 bridgehead atoms. The predicted molar refractivity (Wildman–Crippen MR) is 131 cm³/mol. The van der Waals surface area contributed by atoms with Crippen molar-refractivity contribution in [1.82, 2.24) is 14.8 Å². The first-order valence-electron chi connectivity index (χ1n) is 10.8. The van der Waals surface area contributed by atoms with Crippen LogP contribution in [-0.2, 0) is 4.79 Å². The summed E-state index contributed by atoms with van der Waals surface area (Å²) in [6.07, 6.45) is 2.15. The van der Waals surface area contributed by atoms with E-state index < -0.39 is 0 Å². The Morgan fingerprint density at radius 1 is 0.971 bits per heavy atom. The van der Waals surface area contributed by atoms with Crippen molar-refractivity contribution in [3.63, 3.8) is 0 Å². The number of carbonyl (C=O) groups is 3. The predicted octanol–water partition coefficient (Wildman–Crippen LogP) is 4.85. The van der Waals surface area contributed by atoms with Crippen LogP contribution in [-0.4, -0.2) is 38.0 Å². The van der Waals surface area contributed by atoms with Gasteiger partial charge in [-0.15, -0.1) is 21.5 Å². The van der Waals surface area contributed by atoms with Crippen LogP contribution < -0.4 is 5.32 Å². The van der Waals surface area contributed by atoms with Gasteiger partial charge in [-0.2, -0.15) is 0 Å². The molecule has 9 heteroatoms. The minimum Gasteiger partial charge on any atom is -0.325 e. The zero-order valence-corrected chi connectivity index (χ0v) is 19.5. The van der Waals surface area contributed by atoms with E-state index in [4.69, 9.17) is 0 Å². The van der Waals surface area contributed by atoms with Crippen LogP contribution >= 0.6 is 23.1 Å². The van der Waals surface area contributed by atoms with Gasteiger partial charge in [-0.25, -0.2) is 0 Å². The van der Waals surface area contributed by atoms with Crippen LogP contribution in [0.4, 0.5) is 5.69 Å². The summed E-state index contributed by atoms with van der Waals surface area (Å²) in [6.45, 7) is 0. The molecule has 2 aromatic carbocycles. The summed E-state index contributed by atoms with van der Waals surface area (Å²) in [4.78, 5) is 40.0. The van der Waals surface area contributed by atoms with Gasteiger partial charge in [0.25, 0.3) is 0 Å². The highest BCUT2D eigenvalue weighted by atomic mass is 32.2. The molecule has 2 aromatic heterocycles. The number of nitrogens with zero attached hydrogens (tertiary/aromatic N) is 3. The summed E-state index contributed by atoms with van der Waals surface area (Å²) in [5.74, 6) is 0.190. The lowest BCUT2D eigenvalue weighted by atomic mass is 9.83. The fourth-order valence-electron chi connectivity index (χ4n) is 4.18. The van der Waals surface area contributed by atoms with Crippen molar-refractivity contribution in [3.8, 4) is 10.7 Å². The van der Waals surface area contributed by atoms with Crippen LogP contribution in [0.2, 0.25) is 0 Å². The Balaban J connectivity index is 1.22. The lowest BCUT2D eigenvalue weighted by Gasteiger charge is -2.20. The third kappa shape index (κ3) is 3.57. The van der Waals surface area contributed by atoms with E-state index in [1.165, 1.54) is 11.8 Å². The maximum atomic E-state index is 13.1. The first-order valence-corrected chi connectivity index (χ1v) is 12.7. The lowest BCUT2D eigenvalue weighted by Crippen LogP contribution is -2.24. The van der Waals surface area contributed by atoms with E-state index in [9.17, 15) is 14.4 Å². The summed E-state index contributed by atoms with van der Waals surface area (Å²) >= 11 is 2.93. The number of carbonyl (C=O) groups excluding carboxylic acids is 3. The highest BCUT2D eigenvalue weighted by Crippen LogP contribution is 2.41. The Morgan fingerprint density at radius 2 is 1.74 bits per heavy atom. The van der Waals surface area contributed by atoms with Crippen LogP contribution in [0.15, 0.2) is 65.1 Å². The first kappa shape index (κ1) is 21.0. The number of hydrogen-bond acceptors (Lipinski definition) is 7. The molecule has 1 N–H and O–H groups in total. The summed E-state index contributed by atoms with van der Waals surface area (Å²) in [6, 6.07) is 16.1. The number of thiophene rings is 1. The number of ketones is 2. The lowest BCUT2D eigenvalue weighted by molar-refractivity contribution is -0.113. The summed E-state index contributed by atoms with van der Waals surface area (Å²) in [5, 5.41) is 14.2. The third-order valence-electron chi connectivity index (χ3n) is 5.88. The summed E-state index contributed by atoms with van der Waals surface area (Å²) < 4.78 is 2.12. The van der Waals surface area contributed by atoms with Crippen LogP contribution in [0.3, 0.4) is 0 Å². The Morgan fingerprint density at radius 3 is 2.47 bits per heavy atom. The van der Waals surface area contributed by atoms with Gasteiger partial charge in [-0.3, -0.25) is 19.0 Å². The van der Waals surface area contributed by atoms with Crippen molar-refractivity contribution >= 4 is 46.3 Å². The molecule has 0 spiro atoms. The molecule has 34 heavy (non-hydrogen) atoms. The molecule has 2 aliphatic rings. The highest BCUT2D eigenvalue weighted by Gasteiger charge is 2.32. The van der Waals surface area contributed by atoms with Crippen molar-refractivity contribution < 1.29 is 14.4 Å². The van der Waals surface area contributed by atoms with Crippen LogP contribution in [0.25, 0.3) is 10.7 Å². The van der Waals surface area contributed by atoms with Gasteiger partial charge in [0.2, 0.25) is 5.91 Å². The van der Waals surface area contributed by atoms with Crippen molar-refractivity contribution in [2.75, 3.05) is 11.1 Å². The Kier molecular flexibility index (Phi) is 5.15. The van der Waals surface area contributed by atoms with Gasteiger partial charge in [-0.05, 0) is 30.4 Å². The Labute approximate surface area is 203 Å². The maximum Gasteiger partial charge on any atom is 0.234 e. The van der Waals surface area contributed by atoms with Gasteiger partial charge in [0.1, 0.15) is 0 Å². The van der Waals surface area contributed by atoms with Crippen LogP contribution in [0.5, 0.6) is 0 Å². The molecule has 6 rings (SSSR count). The second-order valence-electron chi connectivity index (χ2n) is 8.15. The Hall–Kier alpha value is -3.56. The smallest absolute Gasteiger partial charge is 0.234 e. The number of benzene rings is 2. The number of amides is 1. The average Bonchev–Trinajstić information content (AvgIpc) is 3.37. The monoisotopic (exact) mass is 486 g/mol. The minimum atomic E-state index is -0.277. The zero-order chi connectivity index (χ0) is 23.2. The summed E-state index contributed by atoms with van der Waals surface area (Å²) in [5.41, 5.74) is 1.64. The third-order valence-corrected chi connectivity index (χ3v) is 7.69.